The number of rotatable bonds is 3. The summed E-state index contributed by atoms with van der Waals surface area (Å²) in [6.07, 6.45) is 7.24. The zero-order chi connectivity index (χ0) is 15.4. The Kier molecular flexibility index (Phi) is 4.88. The monoisotopic (exact) mass is 302 g/mol. The summed E-state index contributed by atoms with van der Waals surface area (Å²) >= 11 is 0. The normalized spacial score (nSPS) is 23.6. The molecule has 1 unspecified atom stereocenters. The number of allylic oxidation sites excluding steroid dienone is 1. The van der Waals surface area contributed by atoms with E-state index in [0.717, 1.165) is 37.9 Å². The molecule has 2 aliphatic heterocycles. The maximum absolute atomic E-state index is 13.0. The highest BCUT2D eigenvalue weighted by Gasteiger charge is 2.32. The standard InChI is InChI=1S/C18H23FN2O/c19-16-6-4-14(5-7-16)13-21-12-2-1-3-17(18(21)22)15-8-10-20-11-9-15/h1-2,4-7,15,17,20H,3,8-13H2. The van der Waals surface area contributed by atoms with Gasteiger partial charge < -0.3 is 10.2 Å². The number of carbonyl (C=O) groups is 1. The van der Waals surface area contributed by atoms with Crippen LogP contribution in [0.1, 0.15) is 24.8 Å². The van der Waals surface area contributed by atoms with Crippen LogP contribution < -0.4 is 5.32 Å². The number of hydrogen-bond donors (Lipinski definition) is 1. The van der Waals surface area contributed by atoms with E-state index in [0.29, 0.717) is 19.0 Å². The summed E-state index contributed by atoms with van der Waals surface area (Å²) in [5.41, 5.74) is 0.981. The Morgan fingerprint density at radius 1 is 1.14 bits per heavy atom. The number of piperidine rings is 1. The van der Waals surface area contributed by atoms with Gasteiger partial charge in [0.2, 0.25) is 5.91 Å². The molecule has 0 spiro atoms. The van der Waals surface area contributed by atoms with Gasteiger partial charge in [0.05, 0.1) is 0 Å². The van der Waals surface area contributed by atoms with Crippen molar-refractivity contribution >= 4 is 5.91 Å². The second-order valence-electron chi connectivity index (χ2n) is 6.25. The Balaban J connectivity index is 1.71. The summed E-state index contributed by atoms with van der Waals surface area (Å²) in [5, 5.41) is 3.36. The van der Waals surface area contributed by atoms with Crippen LogP contribution in [0.5, 0.6) is 0 Å². The minimum absolute atomic E-state index is 0.0984. The molecule has 3 rings (SSSR count). The molecule has 1 aromatic rings. The van der Waals surface area contributed by atoms with Gasteiger partial charge in [-0.05, 0) is 56.0 Å². The van der Waals surface area contributed by atoms with Crippen molar-refractivity contribution < 1.29 is 9.18 Å². The van der Waals surface area contributed by atoms with Crippen LogP contribution in [0.4, 0.5) is 4.39 Å². The predicted molar refractivity (Wildman–Crippen MR) is 84.7 cm³/mol. The van der Waals surface area contributed by atoms with Crippen molar-refractivity contribution in [2.45, 2.75) is 25.8 Å². The van der Waals surface area contributed by atoms with Crippen molar-refractivity contribution in [3.63, 3.8) is 0 Å². The summed E-state index contributed by atoms with van der Waals surface area (Å²) in [4.78, 5) is 14.8. The third-order valence-corrected chi connectivity index (χ3v) is 4.75. The van der Waals surface area contributed by atoms with Gasteiger partial charge in [-0.1, -0.05) is 24.3 Å². The Hall–Kier alpha value is -1.68. The fourth-order valence-electron chi connectivity index (χ4n) is 3.46. The number of amides is 1. The molecule has 1 amide bonds. The largest absolute Gasteiger partial charge is 0.334 e. The highest BCUT2D eigenvalue weighted by atomic mass is 19.1. The summed E-state index contributed by atoms with van der Waals surface area (Å²) < 4.78 is 13.0. The van der Waals surface area contributed by atoms with Gasteiger partial charge in [-0.15, -0.1) is 0 Å². The Morgan fingerprint density at radius 2 is 1.86 bits per heavy atom. The molecular weight excluding hydrogens is 279 g/mol. The summed E-state index contributed by atoms with van der Waals surface area (Å²) in [7, 11) is 0. The lowest BCUT2D eigenvalue weighted by molar-refractivity contribution is -0.137. The first-order valence-electron chi connectivity index (χ1n) is 8.13. The first-order chi connectivity index (χ1) is 10.7. The minimum Gasteiger partial charge on any atom is -0.334 e. The Morgan fingerprint density at radius 3 is 2.59 bits per heavy atom. The molecule has 22 heavy (non-hydrogen) atoms. The van der Waals surface area contributed by atoms with E-state index in [1.54, 1.807) is 12.1 Å². The van der Waals surface area contributed by atoms with Gasteiger partial charge in [-0.2, -0.15) is 0 Å². The number of hydrogen-bond acceptors (Lipinski definition) is 2. The second-order valence-corrected chi connectivity index (χ2v) is 6.25. The smallest absolute Gasteiger partial charge is 0.226 e. The van der Waals surface area contributed by atoms with Gasteiger partial charge in [0.1, 0.15) is 5.82 Å². The fraction of sp³-hybridized carbons (Fsp3) is 0.500. The molecule has 1 saturated heterocycles. The van der Waals surface area contributed by atoms with E-state index in [-0.39, 0.29) is 17.6 Å². The summed E-state index contributed by atoms with van der Waals surface area (Å²) in [5.74, 6) is 0.591. The van der Waals surface area contributed by atoms with Gasteiger partial charge in [0, 0.05) is 19.0 Å². The Labute approximate surface area is 131 Å². The van der Waals surface area contributed by atoms with Crippen molar-refractivity contribution in [2.75, 3.05) is 19.6 Å². The van der Waals surface area contributed by atoms with Crippen LogP contribution in [0.3, 0.4) is 0 Å². The van der Waals surface area contributed by atoms with Crippen LogP contribution >= 0.6 is 0 Å². The lowest BCUT2D eigenvalue weighted by Crippen LogP contribution is -2.41. The zero-order valence-electron chi connectivity index (χ0n) is 12.8. The molecule has 0 aromatic heterocycles. The zero-order valence-corrected chi connectivity index (χ0v) is 12.8. The van der Waals surface area contributed by atoms with Gasteiger partial charge >= 0.3 is 0 Å². The van der Waals surface area contributed by atoms with Crippen LogP contribution in [0.15, 0.2) is 36.4 Å². The third-order valence-electron chi connectivity index (χ3n) is 4.75. The van der Waals surface area contributed by atoms with E-state index >= 15 is 0 Å². The third kappa shape index (κ3) is 3.55. The van der Waals surface area contributed by atoms with Crippen LogP contribution in [-0.2, 0) is 11.3 Å². The molecular formula is C18H23FN2O. The van der Waals surface area contributed by atoms with Crippen molar-refractivity contribution in [2.24, 2.45) is 11.8 Å². The quantitative estimate of drug-likeness (QED) is 0.871. The van der Waals surface area contributed by atoms with E-state index < -0.39 is 0 Å². The van der Waals surface area contributed by atoms with E-state index in [1.165, 1.54) is 12.1 Å². The van der Waals surface area contributed by atoms with Crippen molar-refractivity contribution in [3.8, 4) is 0 Å². The molecule has 1 N–H and O–H groups in total. The van der Waals surface area contributed by atoms with Crippen LogP contribution in [-0.4, -0.2) is 30.4 Å². The van der Waals surface area contributed by atoms with Crippen LogP contribution in [0, 0.1) is 17.7 Å². The molecule has 0 radical (unpaired) electrons. The fourth-order valence-corrected chi connectivity index (χ4v) is 3.46. The molecule has 118 valence electrons. The number of nitrogens with zero attached hydrogens (tertiary/aromatic N) is 1. The lowest BCUT2D eigenvalue weighted by Gasteiger charge is -2.32. The topological polar surface area (TPSA) is 32.3 Å². The Bertz CT molecular complexity index is 535. The second kappa shape index (κ2) is 7.05. The van der Waals surface area contributed by atoms with Crippen molar-refractivity contribution in [1.29, 1.82) is 0 Å². The molecule has 1 aromatic carbocycles. The van der Waals surface area contributed by atoms with Crippen LogP contribution in [0.2, 0.25) is 0 Å². The summed E-state index contributed by atoms with van der Waals surface area (Å²) in [6, 6.07) is 6.43. The van der Waals surface area contributed by atoms with Gasteiger partial charge in [0.25, 0.3) is 0 Å². The maximum Gasteiger partial charge on any atom is 0.226 e. The first kappa shape index (κ1) is 15.2. The predicted octanol–water partition coefficient (Wildman–Crippen LogP) is 2.73. The molecule has 0 aliphatic carbocycles. The number of nitrogens with one attached hydrogen (secondary N) is 1. The highest BCUT2D eigenvalue weighted by Crippen LogP contribution is 2.29. The molecule has 0 bridgehead atoms. The summed E-state index contributed by atoms with van der Waals surface area (Å²) in [6.45, 7) is 3.23. The van der Waals surface area contributed by atoms with Gasteiger partial charge in [0.15, 0.2) is 0 Å². The molecule has 3 nitrogen and oxygen atoms in total. The SMILES string of the molecule is O=C1C(C2CCNCC2)CC=CCN1Cc1ccc(F)cc1. The van der Waals surface area contributed by atoms with Crippen LogP contribution in [0.25, 0.3) is 0 Å². The van der Waals surface area contributed by atoms with E-state index in [2.05, 4.69) is 17.5 Å². The van der Waals surface area contributed by atoms with E-state index in [9.17, 15) is 9.18 Å². The molecule has 2 aliphatic rings. The highest BCUT2D eigenvalue weighted by molar-refractivity contribution is 5.80. The first-order valence-corrected chi connectivity index (χ1v) is 8.13. The average Bonchev–Trinajstić information content (AvgIpc) is 2.73. The maximum atomic E-state index is 13.0. The van der Waals surface area contributed by atoms with Crippen molar-refractivity contribution in [3.05, 3.63) is 47.8 Å². The van der Waals surface area contributed by atoms with E-state index in [1.807, 2.05) is 4.90 Å². The molecule has 2 heterocycles. The minimum atomic E-state index is -0.238. The average molecular weight is 302 g/mol. The molecule has 0 saturated carbocycles. The number of carbonyl (C=O) groups excluding carboxylic acids is 1. The molecule has 4 heteroatoms. The van der Waals surface area contributed by atoms with Gasteiger partial charge in [-0.25, -0.2) is 4.39 Å². The molecule has 1 atom stereocenters. The lowest BCUT2D eigenvalue weighted by atomic mass is 9.82. The van der Waals surface area contributed by atoms with E-state index in [4.69, 9.17) is 0 Å². The van der Waals surface area contributed by atoms with Crippen molar-refractivity contribution in [1.82, 2.24) is 10.2 Å². The number of benzene rings is 1. The molecule has 1 fully saturated rings. The van der Waals surface area contributed by atoms with Gasteiger partial charge in [-0.3, -0.25) is 4.79 Å². The number of halogens is 1.